The molecule has 1 aromatic carbocycles. The van der Waals surface area contributed by atoms with Crippen LogP contribution < -0.4 is 5.32 Å². The van der Waals surface area contributed by atoms with E-state index in [1.165, 1.54) is 12.1 Å². The second-order valence-corrected chi connectivity index (χ2v) is 3.81. The Morgan fingerprint density at radius 1 is 1.47 bits per heavy atom. The fourth-order valence-electron chi connectivity index (χ4n) is 1.45. The molecule has 17 heavy (non-hydrogen) atoms. The summed E-state index contributed by atoms with van der Waals surface area (Å²) in [6.45, 7) is 2.23. The Morgan fingerprint density at radius 3 is 2.71 bits per heavy atom. The lowest BCUT2D eigenvalue weighted by Gasteiger charge is -2.11. The molecule has 0 saturated carbocycles. The lowest BCUT2D eigenvalue weighted by Crippen LogP contribution is -2.27. The van der Waals surface area contributed by atoms with Gasteiger partial charge >= 0.3 is 5.97 Å². The molecular formula is C12H15F2NO2. The van der Waals surface area contributed by atoms with Crippen LogP contribution in [0.2, 0.25) is 0 Å². The number of hydrogen-bond acceptors (Lipinski definition) is 2. The summed E-state index contributed by atoms with van der Waals surface area (Å²) in [7, 11) is 0. The Hall–Kier alpha value is -1.49. The van der Waals surface area contributed by atoms with Crippen LogP contribution >= 0.6 is 0 Å². The minimum atomic E-state index is -0.875. The summed E-state index contributed by atoms with van der Waals surface area (Å²) in [4.78, 5) is 10.7. The van der Waals surface area contributed by atoms with Crippen LogP contribution in [-0.2, 0) is 11.3 Å². The Balaban J connectivity index is 2.48. The van der Waals surface area contributed by atoms with Crippen molar-refractivity contribution >= 4 is 5.97 Å². The zero-order valence-electron chi connectivity index (χ0n) is 9.54. The maximum atomic E-state index is 13.2. The average Bonchev–Trinajstić information content (AvgIpc) is 2.26. The van der Waals surface area contributed by atoms with Crippen LogP contribution in [0.1, 0.15) is 18.9 Å². The van der Waals surface area contributed by atoms with Crippen molar-refractivity contribution in [3.05, 3.63) is 35.4 Å². The van der Waals surface area contributed by atoms with Gasteiger partial charge in [0.2, 0.25) is 0 Å². The minimum Gasteiger partial charge on any atom is -0.481 e. The van der Waals surface area contributed by atoms with Crippen LogP contribution in [0.4, 0.5) is 8.78 Å². The fourth-order valence-corrected chi connectivity index (χ4v) is 1.45. The molecule has 0 aromatic heterocycles. The fraction of sp³-hybridized carbons (Fsp3) is 0.417. The van der Waals surface area contributed by atoms with Gasteiger partial charge in [-0.1, -0.05) is 13.0 Å². The van der Waals surface area contributed by atoms with E-state index in [-0.39, 0.29) is 13.1 Å². The molecule has 1 aromatic rings. The number of benzene rings is 1. The number of nitrogens with one attached hydrogen (secondary N) is 1. The summed E-state index contributed by atoms with van der Waals surface area (Å²) in [5.74, 6) is -2.61. The van der Waals surface area contributed by atoms with Crippen LogP contribution in [0.15, 0.2) is 18.2 Å². The monoisotopic (exact) mass is 243 g/mol. The third kappa shape index (κ3) is 4.11. The molecule has 0 radical (unpaired) electrons. The summed E-state index contributed by atoms with van der Waals surface area (Å²) >= 11 is 0. The maximum Gasteiger partial charge on any atom is 0.307 e. The first-order valence-electron chi connectivity index (χ1n) is 5.42. The van der Waals surface area contributed by atoms with E-state index in [0.29, 0.717) is 12.0 Å². The van der Waals surface area contributed by atoms with Crippen molar-refractivity contribution in [1.29, 1.82) is 0 Å². The Bertz CT molecular complexity index is 396. The number of aliphatic carboxylic acids is 1. The largest absolute Gasteiger partial charge is 0.481 e. The quantitative estimate of drug-likeness (QED) is 0.805. The van der Waals surface area contributed by atoms with E-state index < -0.39 is 23.5 Å². The van der Waals surface area contributed by atoms with Gasteiger partial charge in [0.15, 0.2) is 0 Å². The van der Waals surface area contributed by atoms with E-state index in [1.54, 1.807) is 6.92 Å². The zero-order chi connectivity index (χ0) is 12.8. The van der Waals surface area contributed by atoms with Crippen molar-refractivity contribution in [2.24, 2.45) is 5.92 Å². The average molecular weight is 243 g/mol. The summed E-state index contributed by atoms with van der Waals surface area (Å²) in [6.07, 6.45) is 0.508. The smallest absolute Gasteiger partial charge is 0.307 e. The molecule has 0 fully saturated rings. The van der Waals surface area contributed by atoms with Crippen molar-refractivity contribution < 1.29 is 18.7 Å². The lowest BCUT2D eigenvalue weighted by molar-refractivity contribution is -0.141. The summed E-state index contributed by atoms with van der Waals surface area (Å²) in [5.41, 5.74) is 0.326. The second-order valence-electron chi connectivity index (χ2n) is 3.81. The summed E-state index contributed by atoms with van der Waals surface area (Å²) in [6, 6.07) is 3.33. The number of carboxylic acids is 1. The third-order valence-corrected chi connectivity index (χ3v) is 2.56. The molecule has 0 aliphatic carbocycles. The van der Waals surface area contributed by atoms with E-state index in [1.807, 2.05) is 0 Å². The van der Waals surface area contributed by atoms with Crippen molar-refractivity contribution in [3.63, 3.8) is 0 Å². The summed E-state index contributed by atoms with van der Waals surface area (Å²) in [5, 5.41) is 11.6. The second kappa shape index (κ2) is 6.30. The van der Waals surface area contributed by atoms with Gasteiger partial charge < -0.3 is 10.4 Å². The normalized spacial score (nSPS) is 12.4. The highest BCUT2D eigenvalue weighted by Crippen LogP contribution is 2.09. The van der Waals surface area contributed by atoms with Crippen LogP contribution in [-0.4, -0.2) is 17.6 Å². The molecule has 1 atom stereocenters. The molecule has 0 saturated heterocycles. The highest BCUT2D eigenvalue weighted by Gasteiger charge is 2.14. The van der Waals surface area contributed by atoms with Crippen molar-refractivity contribution in [3.8, 4) is 0 Å². The van der Waals surface area contributed by atoms with Crippen LogP contribution in [0.5, 0.6) is 0 Å². The van der Waals surface area contributed by atoms with Crippen molar-refractivity contribution in [2.45, 2.75) is 19.9 Å². The van der Waals surface area contributed by atoms with Gasteiger partial charge in [0.05, 0.1) is 5.92 Å². The van der Waals surface area contributed by atoms with E-state index in [4.69, 9.17) is 5.11 Å². The van der Waals surface area contributed by atoms with Gasteiger partial charge in [-0.05, 0) is 12.5 Å². The van der Waals surface area contributed by atoms with Gasteiger partial charge in [0.25, 0.3) is 0 Å². The molecule has 0 aliphatic rings. The van der Waals surface area contributed by atoms with E-state index in [0.717, 1.165) is 6.07 Å². The van der Waals surface area contributed by atoms with Gasteiger partial charge in [-0.3, -0.25) is 4.79 Å². The molecule has 0 spiro atoms. The number of halogens is 2. The molecule has 0 heterocycles. The highest BCUT2D eigenvalue weighted by molar-refractivity contribution is 5.70. The molecule has 0 bridgehead atoms. The van der Waals surface area contributed by atoms with Crippen molar-refractivity contribution in [1.82, 2.24) is 5.32 Å². The highest BCUT2D eigenvalue weighted by atomic mass is 19.1. The third-order valence-electron chi connectivity index (χ3n) is 2.56. The first-order valence-corrected chi connectivity index (χ1v) is 5.42. The van der Waals surface area contributed by atoms with Gasteiger partial charge in [-0.25, -0.2) is 8.78 Å². The van der Waals surface area contributed by atoms with Gasteiger partial charge in [0.1, 0.15) is 11.6 Å². The molecule has 2 N–H and O–H groups in total. The molecule has 3 nitrogen and oxygen atoms in total. The van der Waals surface area contributed by atoms with Crippen molar-refractivity contribution in [2.75, 3.05) is 6.54 Å². The van der Waals surface area contributed by atoms with Crippen LogP contribution in [0.3, 0.4) is 0 Å². The molecule has 0 aliphatic heterocycles. The number of carbonyl (C=O) groups is 1. The minimum absolute atomic E-state index is 0.190. The Labute approximate surface area is 98.5 Å². The van der Waals surface area contributed by atoms with E-state index in [9.17, 15) is 13.6 Å². The van der Waals surface area contributed by atoms with E-state index in [2.05, 4.69) is 5.32 Å². The predicted octanol–water partition coefficient (Wildman–Crippen LogP) is 2.17. The molecular weight excluding hydrogens is 228 g/mol. The Morgan fingerprint density at radius 2 is 2.18 bits per heavy atom. The SMILES string of the molecule is CCC(CNCc1ccc(F)cc1F)C(=O)O. The van der Waals surface area contributed by atoms with Crippen LogP contribution in [0.25, 0.3) is 0 Å². The molecule has 1 rings (SSSR count). The van der Waals surface area contributed by atoms with E-state index >= 15 is 0 Å². The zero-order valence-corrected chi connectivity index (χ0v) is 9.54. The number of hydrogen-bond donors (Lipinski definition) is 2. The number of rotatable bonds is 6. The first-order chi connectivity index (χ1) is 8.04. The van der Waals surface area contributed by atoms with Crippen LogP contribution in [0, 0.1) is 17.6 Å². The topological polar surface area (TPSA) is 49.3 Å². The molecule has 5 heteroatoms. The lowest BCUT2D eigenvalue weighted by atomic mass is 10.1. The molecule has 1 unspecified atom stereocenters. The molecule has 0 amide bonds. The van der Waals surface area contributed by atoms with Gasteiger partial charge in [-0.2, -0.15) is 0 Å². The standard InChI is InChI=1S/C12H15F2NO2/c1-2-8(12(16)17)6-15-7-9-3-4-10(13)5-11(9)14/h3-5,8,15H,2,6-7H2,1H3,(H,16,17). The Kier molecular flexibility index (Phi) is 5.03. The predicted molar refractivity (Wildman–Crippen MR) is 59.5 cm³/mol. The van der Waals surface area contributed by atoms with Gasteiger partial charge in [-0.15, -0.1) is 0 Å². The summed E-state index contributed by atoms with van der Waals surface area (Å²) < 4.78 is 25.8. The molecule has 94 valence electrons. The number of carboxylic acid groups (broad SMARTS) is 1. The maximum absolute atomic E-state index is 13.2. The van der Waals surface area contributed by atoms with Gasteiger partial charge in [0, 0.05) is 24.7 Å². The first kappa shape index (κ1) is 13.6.